The topological polar surface area (TPSA) is 40.5 Å². The zero-order valence-electron chi connectivity index (χ0n) is 11.3. The van der Waals surface area contributed by atoms with Crippen molar-refractivity contribution < 1.29 is 9.90 Å². The van der Waals surface area contributed by atoms with Crippen LogP contribution in [0.3, 0.4) is 0 Å². The molecule has 0 bridgehead atoms. The Hall–Kier alpha value is -0.570. The molecule has 3 nitrogen and oxygen atoms in total. The number of rotatable bonds is 7. The van der Waals surface area contributed by atoms with Crippen LogP contribution in [-0.4, -0.2) is 36.1 Å². The molecule has 0 unspecified atom stereocenters. The number of carboxylic acid groups (broad SMARTS) is 1. The van der Waals surface area contributed by atoms with E-state index >= 15 is 0 Å². The van der Waals surface area contributed by atoms with Crippen LogP contribution in [0.4, 0.5) is 0 Å². The Bertz CT molecular complexity index is 222. The normalized spacial score (nSPS) is 25.1. The minimum Gasteiger partial charge on any atom is -0.481 e. The van der Waals surface area contributed by atoms with Crippen molar-refractivity contribution in [3.63, 3.8) is 0 Å². The largest absolute Gasteiger partial charge is 0.481 e. The highest BCUT2D eigenvalue weighted by Crippen LogP contribution is 2.31. The van der Waals surface area contributed by atoms with Crippen LogP contribution in [0, 0.1) is 11.8 Å². The molecule has 1 saturated carbocycles. The van der Waals surface area contributed by atoms with E-state index in [2.05, 4.69) is 11.8 Å². The summed E-state index contributed by atoms with van der Waals surface area (Å²) in [5.41, 5.74) is 0. The second-order valence-electron chi connectivity index (χ2n) is 5.58. The summed E-state index contributed by atoms with van der Waals surface area (Å²) in [7, 11) is 2.04. The molecule has 17 heavy (non-hydrogen) atoms. The second kappa shape index (κ2) is 7.70. The van der Waals surface area contributed by atoms with Crippen molar-refractivity contribution in [2.24, 2.45) is 11.8 Å². The number of aliphatic carboxylic acids is 1. The Balaban J connectivity index is 2.14. The summed E-state index contributed by atoms with van der Waals surface area (Å²) in [6.45, 7) is 4.03. The van der Waals surface area contributed by atoms with Gasteiger partial charge in [-0.1, -0.05) is 32.6 Å². The fourth-order valence-corrected chi connectivity index (χ4v) is 2.93. The predicted octanol–water partition coefficient (Wildman–Crippen LogP) is 3.00. The van der Waals surface area contributed by atoms with Gasteiger partial charge in [-0.25, -0.2) is 0 Å². The predicted molar refractivity (Wildman–Crippen MR) is 70.1 cm³/mol. The number of nitrogens with zero attached hydrogens (tertiary/aromatic N) is 1. The lowest BCUT2D eigenvalue weighted by Crippen LogP contribution is -2.30. The Morgan fingerprint density at radius 3 is 2.35 bits per heavy atom. The summed E-state index contributed by atoms with van der Waals surface area (Å²) < 4.78 is 0. The van der Waals surface area contributed by atoms with Crippen molar-refractivity contribution in [2.45, 2.75) is 51.9 Å². The molecule has 0 aromatic carbocycles. The molecule has 0 aromatic rings. The SMILES string of the molecule is CCCC1CCC(CN(C)CCC(=O)O)CC1. The highest BCUT2D eigenvalue weighted by atomic mass is 16.4. The molecular weight excluding hydrogens is 214 g/mol. The summed E-state index contributed by atoms with van der Waals surface area (Å²) in [5, 5.41) is 8.64. The maximum atomic E-state index is 10.5. The van der Waals surface area contributed by atoms with Gasteiger partial charge in [0.25, 0.3) is 0 Å². The van der Waals surface area contributed by atoms with E-state index in [1.807, 2.05) is 7.05 Å². The third-order valence-corrected chi connectivity index (χ3v) is 3.94. The molecule has 0 amide bonds. The zero-order chi connectivity index (χ0) is 12.7. The van der Waals surface area contributed by atoms with Crippen LogP contribution in [0.1, 0.15) is 51.9 Å². The number of carbonyl (C=O) groups is 1. The molecule has 0 saturated heterocycles. The molecule has 1 aliphatic rings. The fourth-order valence-electron chi connectivity index (χ4n) is 2.93. The third-order valence-electron chi connectivity index (χ3n) is 3.94. The molecule has 3 heteroatoms. The van der Waals surface area contributed by atoms with Crippen molar-refractivity contribution in [1.82, 2.24) is 4.90 Å². The Kier molecular flexibility index (Phi) is 6.56. The van der Waals surface area contributed by atoms with E-state index in [4.69, 9.17) is 5.11 Å². The monoisotopic (exact) mass is 241 g/mol. The van der Waals surface area contributed by atoms with Gasteiger partial charge < -0.3 is 10.0 Å². The van der Waals surface area contributed by atoms with Crippen LogP contribution in [0.25, 0.3) is 0 Å². The first-order chi connectivity index (χ1) is 8.11. The number of hydrogen-bond acceptors (Lipinski definition) is 2. The van der Waals surface area contributed by atoms with Gasteiger partial charge >= 0.3 is 5.97 Å². The second-order valence-corrected chi connectivity index (χ2v) is 5.58. The first-order valence-corrected chi connectivity index (χ1v) is 7.02. The molecule has 0 atom stereocenters. The standard InChI is InChI=1S/C14H27NO2/c1-3-4-12-5-7-13(8-6-12)11-15(2)10-9-14(16)17/h12-13H,3-11H2,1-2H3,(H,16,17). The number of carboxylic acids is 1. The minimum atomic E-state index is -0.691. The Morgan fingerprint density at radius 2 is 1.82 bits per heavy atom. The average Bonchev–Trinajstić information content (AvgIpc) is 2.29. The van der Waals surface area contributed by atoms with Crippen molar-refractivity contribution in [2.75, 3.05) is 20.1 Å². The molecule has 0 aromatic heterocycles. The third kappa shape index (κ3) is 6.06. The van der Waals surface area contributed by atoms with Crippen LogP contribution in [0.2, 0.25) is 0 Å². The molecule has 1 aliphatic carbocycles. The van der Waals surface area contributed by atoms with Gasteiger partial charge in [0.15, 0.2) is 0 Å². The summed E-state index contributed by atoms with van der Waals surface area (Å²) in [4.78, 5) is 12.7. The molecule has 1 N–H and O–H groups in total. The van der Waals surface area contributed by atoms with E-state index in [0.717, 1.165) is 18.4 Å². The van der Waals surface area contributed by atoms with Crippen LogP contribution in [0.15, 0.2) is 0 Å². The average molecular weight is 241 g/mol. The van der Waals surface area contributed by atoms with Crippen LogP contribution in [0.5, 0.6) is 0 Å². The maximum Gasteiger partial charge on any atom is 0.304 e. The van der Waals surface area contributed by atoms with Gasteiger partial charge in [-0.2, -0.15) is 0 Å². The Morgan fingerprint density at radius 1 is 1.24 bits per heavy atom. The lowest BCUT2D eigenvalue weighted by Gasteiger charge is -2.31. The molecule has 0 aliphatic heterocycles. The molecule has 1 fully saturated rings. The van der Waals surface area contributed by atoms with E-state index in [1.54, 1.807) is 0 Å². The van der Waals surface area contributed by atoms with Gasteiger partial charge in [0.1, 0.15) is 0 Å². The van der Waals surface area contributed by atoms with Crippen LogP contribution < -0.4 is 0 Å². The van der Waals surface area contributed by atoms with Gasteiger partial charge in [0.2, 0.25) is 0 Å². The zero-order valence-corrected chi connectivity index (χ0v) is 11.3. The van der Waals surface area contributed by atoms with Crippen molar-refractivity contribution >= 4 is 5.97 Å². The van der Waals surface area contributed by atoms with Crippen LogP contribution in [-0.2, 0) is 4.79 Å². The smallest absolute Gasteiger partial charge is 0.304 e. The first kappa shape index (κ1) is 14.5. The summed E-state index contributed by atoms with van der Waals surface area (Å²) in [6.07, 6.45) is 8.40. The summed E-state index contributed by atoms with van der Waals surface area (Å²) in [5.74, 6) is 1.06. The van der Waals surface area contributed by atoms with Crippen molar-refractivity contribution in [1.29, 1.82) is 0 Å². The van der Waals surface area contributed by atoms with Gasteiger partial charge in [0, 0.05) is 13.1 Å². The van der Waals surface area contributed by atoms with E-state index in [1.165, 1.54) is 38.5 Å². The molecule has 0 radical (unpaired) electrons. The highest BCUT2D eigenvalue weighted by Gasteiger charge is 2.21. The molecule has 1 rings (SSSR count). The number of hydrogen-bond donors (Lipinski definition) is 1. The lowest BCUT2D eigenvalue weighted by molar-refractivity contribution is -0.137. The summed E-state index contributed by atoms with van der Waals surface area (Å²) in [6, 6.07) is 0. The van der Waals surface area contributed by atoms with E-state index in [0.29, 0.717) is 6.54 Å². The van der Waals surface area contributed by atoms with Gasteiger partial charge in [-0.05, 0) is 31.7 Å². The van der Waals surface area contributed by atoms with Gasteiger partial charge in [-0.3, -0.25) is 4.79 Å². The van der Waals surface area contributed by atoms with Gasteiger partial charge in [0.05, 0.1) is 6.42 Å². The van der Waals surface area contributed by atoms with Crippen LogP contribution >= 0.6 is 0 Å². The maximum absolute atomic E-state index is 10.5. The lowest BCUT2D eigenvalue weighted by atomic mass is 9.80. The van der Waals surface area contributed by atoms with Gasteiger partial charge in [-0.15, -0.1) is 0 Å². The van der Waals surface area contributed by atoms with E-state index in [9.17, 15) is 4.79 Å². The van der Waals surface area contributed by atoms with Crippen molar-refractivity contribution in [3.05, 3.63) is 0 Å². The van der Waals surface area contributed by atoms with E-state index in [-0.39, 0.29) is 6.42 Å². The molecule has 100 valence electrons. The molecular formula is C14H27NO2. The molecule has 0 heterocycles. The Labute approximate surface area is 105 Å². The minimum absolute atomic E-state index is 0.266. The van der Waals surface area contributed by atoms with E-state index < -0.39 is 5.97 Å². The molecule has 0 spiro atoms. The summed E-state index contributed by atoms with van der Waals surface area (Å²) >= 11 is 0. The van der Waals surface area contributed by atoms with Crippen molar-refractivity contribution in [3.8, 4) is 0 Å². The fraction of sp³-hybridized carbons (Fsp3) is 0.929. The highest BCUT2D eigenvalue weighted by molar-refractivity contribution is 5.66. The quantitative estimate of drug-likeness (QED) is 0.745. The first-order valence-electron chi connectivity index (χ1n) is 7.02.